The number of alkyl halides is 4. The Labute approximate surface area is 108 Å². The molecular weight excluding hydrogens is 264 g/mol. The van der Waals surface area contributed by atoms with Gasteiger partial charge in [0.2, 0.25) is 0 Å². The molecule has 0 radical (unpaired) electrons. The second-order valence-electron chi connectivity index (χ2n) is 4.63. The standard InChI is InChI=1S/C13H14F4O2/c1-8-7-19-11(13(16,17)12(8,14)15)9-3-5-10(18-2)6-4-9/h3-6,8,11H,7H2,1-2H3/t8-,11+/m0/s1. The first-order valence-corrected chi connectivity index (χ1v) is 5.82. The van der Waals surface area contributed by atoms with Crippen LogP contribution in [0.15, 0.2) is 24.3 Å². The molecule has 1 saturated heterocycles. The third-order valence-electron chi connectivity index (χ3n) is 3.32. The molecule has 1 aromatic carbocycles. The molecule has 0 N–H and O–H groups in total. The SMILES string of the molecule is COc1ccc([C@H]2OC[C@H](C)C(F)(F)C2(F)F)cc1. The average molecular weight is 278 g/mol. The Morgan fingerprint density at radius 2 is 1.68 bits per heavy atom. The molecule has 0 aromatic heterocycles. The van der Waals surface area contributed by atoms with Crippen molar-refractivity contribution in [1.82, 2.24) is 0 Å². The average Bonchev–Trinajstić information content (AvgIpc) is 2.37. The van der Waals surface area contributed by atoms with Crippen molar-refractivity contribution in [1.29, 1.82) is 0 Å². The van der Waals surface area contributed by atoms with Gasteiger partial charge in [-0.25, -0.2) is 0 Å². The van der Waals surface area contributed by atoms with Gasteiger partial charge in [0.15, 0.2) is 6.10 Å². The van der Waals surface area contributed by atoms with E-state index < -0.39 is 30.5 Å². The Bertz CT molecular complexity index is 444. The van der Waals surface area contributed by atoms with Crippen molar-refractivity contribution in [3.63, 3.8) is 0 Å². The zero-order valence-electron chi connectivity index (χ0n) is 10.5. The van der Waals surface area contributed by atoms with Gasteiger partial charge in [-0.2, -0.15) is 17.6 Å². The molecule has 1 heterocycles. The first-order valence-electron chi connectivity index (χ1n) is 5.82. The van der Waals surface area contributed by atoms with Gasteiger partial charge in [-0.05, 0) is 17.7 Å². The highest BCUT2D eigenvalue weighted by molar-refractivity contribution is 5.30. The first-order chi connectivity index (χ1) is 8.80. The van der Waals surface area contributed by atoms with Crippen molar-refractivity contribution in [2.45, 2.75) is 24.9 Å². The maximum Gasteiger partial charge on any atom is 0.340 e. The molecule has 0 unspecified atom stereocenters. The Hall–Kier alpha value is -1.30. The normalized spacial score (nSPS) is 28.9. The van der Waals surface area contributed by atoms with Gasteiger partial charge in [0.25, 0.3) is 0 Å². The summed E-state index contributed by atoms with van der Waals surface area (Å²) in [4.78, 5) is 0. The predicted molar refractivity (Wildman–Crippen MR) is 60.7 cm³/mol. The number of methoxy groups -OCH3 is 1. The van der Waals surface area contributed by atoms with Crippen molar-refractivity contribution in [3.05, 3.63) is 29.8 Å². The summed E-state index contributed by atoms with van der Waals surface area (Å²) in [5.41, 5.74) is 0.0115. The minimum atomic E-state index is -4.24. The largest absolute Gasteiger partial charge is 0.497 e. The van der Waals surface area contributed by atoms with E-state index in [1.165, 1.54) is 31.4 Å². The van der Waals surface area contributed by atoms with Crippen LogP contribution in [-0.2, 0) is 4.74 Å². The van der Waals surface area contributed by atoms with Crippen LogP contribution in [0, 0.1) is 5.92 Å². The van der Waals surface area contributed by atoms with E-state index in [4.69, 9.17) is 9.47 Å². The predicted octanol–water partition coefficient (Wildman–Crippen LogP) is 3.67. The molecule has 6 heteroatoms. The minimum absolute atomic E-state index is 0.0115. The minimum Gasteiger partial charge on any atom is -0.497 e. The Morgan fingerprint density at radius 1 is 1.11 bits per heavy atom. The Kier molecular flexibility index (Phi) is 3.47. The van der Waals surface area contributed by atoms with E-state index in [9.17, 15) is 17.6 Å². The lowest BCUT2D eigenvalue weighted by Crippen LogP contribution is -2.55. The van der Waals surface area contributed by atoms with Crippen molar-refractivity contribution >= 4 is 0 Å². The lowest BCUT2D eigenvalue weighted by atomic mass is 9.88. The lowest BCUT2D eigenvalue weighted by Gasteiger charge is -2.41. The second-order valence-corrected chi connectivity index (χ2v) is 4.63. The quantitative estimate of drug-likeness (QED) is 0.768. The molecule has 2 rings (SSSR count). The zero-order chi connectivity index (χ0) is 14.3. The van der Waals surface area contributed by atoms with Crippen molar-refractivity contribution in [2.24, 2.45) is 5.92 Å². The summed E-state index contributed by atoms with van der Waals surface area (Å²) < 4.78 is 64.7. The van der Waals surface area contributed by atoms with Crippen LogP contribution in [0.2, 0.25) is 0 Å². The van der Waals surface area contributed by atoms with Crippen LogP contribution in [0.1, 0.15) is 18.6 Å². The maximum absolute atomic E-state index is 13.9. The van der Waals surface area contributed by atoms with Gasteiger partial charge in [-0.3, -0.25) is 0 Å². The molecule has 0 saturated carbocycles. The van der Waals surface area contributed by atoms with Gasteiger partial charge in [0, 0.05) is 5.92 Å². The third-order valence-corrected chi connectivity index (χ3v) is 3.32. The monoisotopic (exact) mass is 278 g/mol. The fourth-order valence-electron chi connectivity index (χ4n) is 2.04. The fraction of sp³-hybridized carbons (Fsp3) is 0.538. The zero-order valence-corrected chi connectivity index (χ0v) is 10.5. The van der Waals surface area contributed by atoms with Crippen molar-refractivity contribution < 1.29 is 27.0 Å². The number of hydrogen-bond donors (Lipinski definition) is 0. The van der Waals surface area contributed by atoms with Gasteiger partial charge in [-0.1, -0.05) is 19.1 Å². The third kappa shape index (κ3) is 2.18. The molecule has 2 nitrogen and oxygen atoms in total. The van der Waals surface area contributed by atoms with E-state index in [0.717, 1.165) is 6.92 Å². The van der Waals surface area contributed by atoms with Crippen molar-refractivity contribution in [2.75, 3.05) is 13.7 Å². The van der Waals surface area contributed by atoms with E-state index in [1.54, 1.807) is 0 Å². The smallest absolute Gasteiger partial charge is 0.340 e. The van der Waals surface area contributed by atoms with Crippen LogP contribution in [0.3, 0.4) is 0 Å². The van der Waals surface area contributed by atoms with E-state index in [0.29, 0.717) is 5.75 Å². The van der Waals surface area contributed by atoms with Gasteiger partial charge < -0.3 is 9.47 Å². The topological polar surface area (TPSA) is 18.5 Å². The number of ether oxygens (including phenoxy) is 2. The highest BCUT2D eigenvalue weighted by Gasteiger charge is 2.67. The summed E-state index contributed by atoms with van der Waals surface area (Å²) in [6.07, 6.45) is -1.94. The number of benzene rings is 1. The van der Waals surface area contributed by atoms with Crippen LogP contribution >= 0.6 is 0 Å². The van der Waals surface area contributed by atoms with Crippen LogP contribution in [0.25, 0.3) is 0 Å². The van der Waals surface area contributed by atoms with E-state index in [-0.39, 0.29) is 5.56 Å². The van der Waals surface area contributed by atoms with Crippen LogP contribution in [0.5, 0.6) is 5.75 Å². The lowest BCUT2D eigenvalue weighted by molar-refractivity contribution is -0.322. The Balaban J connectivity index is 2.33. The maximum atomic E-state index is 13.9. The summed E-state index contributed by atoms with van der Waals surface area (Å²) in [6.45, 7) is 0.650. The summed E-state index contributed by atoms with van der Waals surface area (Å²) in [5, 5.41) is 0. The number of halogens is 4. The van der Waals surface area contributed by atoms with E-state index in [2.05, 4.69) is 0 Å². The fourth-order valence-corrected chi connectivity index (χ4v) is 2.04. The van der Waals surface area contributed by atoms with Crippen LogP contribution in [-0.4, -0.2) is 25.6 Å². The Morgan fingerprint density at radius 3 is 2.21 bits per heavy atom. The molecule has 1 aromatic rings. The molecule has 19 heavy (non-hydrogen) atoms. The molecule has 106 valence electrons. The molecule has 1 aliphatic rings. The van der Waals surface area contributed by atoms with Crippen LogP contribution < -0.4 is 4.74 Å². The molecule has 1 fully saturated rings. The molecule has 0 spiro atoms. The molecule has 0 aliphatic carbocycles. The van der Waals surface area contributed by atoms with Crippen LogP contribution in [0.4, 0.5) is 17.6 Å². The first kappa shape index (κ1) is 14.1. The molecule has 1 aliphatic heterocycles. The molecule has 0 bridgehead atoms. The second kappa shape index (κ2) is 4.67. The highest BCUT2D eigenvalue weighted by Crippen LogP contribution is 2.52. The molecule has 2 atom stereocenters. The highest BCUT2D eigenvalue weighted by atomic mass is 19.3. The number of rotatable bonds is 2. The van der Waals surface area contributed by atoms with Crippen molar-refractivity contribution in [3.8, 4) is 5.75 Å². The summed E-state index contributed by atoms with van der Waals surface area (Å²) in [7, 11) is 1.43. The van der Waals surface area contributed by atoms with Gasteiger partial charge in [0.05, 0.1) is 13.7 Å². The van der Waals surface area contributed by atoms with E-state index >= 15 is 0 Å². The van der Waals surface area contributed by atoms with E-state index in [1.807, 2.05) is 0 Å². The molecule has 0 amide bonds. The van der Waals surface area contributed by atoms with Gasteiger partial charge in [-0.15, -0.1) is 0 Å². The summed E-state index contributed by atoms with van der Waals surface area (Å²) in [6, 6.07) is 5.49. The summed E-state index contributed by atoms with van der Waals surface area (Å²) >= 11 is 0. The molecular formula is C13H14F4O2. The van der Waals surface area contributed by atoms with Gasteiger partial charge >= 0.3 is 11.8 Å². The summed E-state index contributed by atoms with van der Waals surface area (Å²) in [5.74, 6) is -9.38. The van der Waals surface area contributed by atoms with Gasteiger partial charge in [0.1, 0.15) is 5.75 Å². The number of hydrogen-bond acceptors (Lipinski definition) is 2.